The van der Waals surface area contributed by atoms with E-state index in [9.17, 15) is 14.7 Å². The monoisotopic (exact) mass is 284 g/mol. The van der Waals surface area contributed by atoms with Crippen molar-refractivity contribution in [1.29, 1.82) is 0 Å². The number of nitrogens with zero attached hydrogens (tertiary/aromatic N) is 1. The first-order valence-electron chi connectivity index (χ1n) is 7.33. The third-order valence-electron chi connectivity index (χ3n) is 4.85. The zero-order valence-corrected chi connectivity index (χ0v) is 13.5. The summed E-state index contributed by atoms with van der Waals surface area (Å²) >= 11 is 0. The highest BCUT2D eigenvalue weighted by molar-refractivity contribution is 5.80. The van der Waals surface area contributed by atoms with E-state index >= 15 is 0 Å². The molecule has 0 aromatic heterocycles. The van der Waals surface area contributed by atoms with Gasteiger partial charge >= 0.3 is 12.0 Å². The van der Waals surface area contributed by atoms with Gasteiger partial charge < -0.3 is 15.3 Å². The van der Waals surface area contributed by atoms with Crippen LogP contribution < -0.4 is 5.32 Å². The standard InChI is InChI=1S/C15H28N2O3/c1-10(2)11-8-7-9-17(11)13(20)16-15(5,6)14(3,4)12(18)19/h10-11H,7-9H2,1-6H3,(H,16,20)(H,18,19). The molecule has 0 saturated carbocycles. The fourth-order valence-electron chi connectivity index (χ4n) is 2.50. The number of hydrogen-bond donors (Lipinski definition) is 2. The van der Waals surface area contributed by atoms with Crippen LogP contribution in [0.5, 0.6) is 0 Å². The van der Waals surface area contributed by atoms with Gasteiger partial charge in [-0.3, -0.25) is 4.79 Å². The van der Waals surface area contributed by atoms with E-state index in [1.54, 1.807) is 27.7 Å². The maximum Gasteiger partial charge on any atom is 0.318 e. The van der Waals surface area contributed by atoms with Gasteiger partial charge in [0.15, 0.2) is 0 Å². The van der Waals surface area contributed by atoms with E-state index in [0.717, 1.165) is 19.4 Å². The summed E-state index contributed by atoms with van der Waals surface area (Å²) in [5, 5.41) is 12.2. The highest BCUT2D eigenvalue weighted by atomic mass is 16.4. The minimum Gasteiger partial charge on any atom is -0.481 e. The number of urea groups is 1. The summed E-state index contributed by atoms with van der Waals surface area (Å²) in [6.45, 7) is 11.8. The lowest BCUT2D eigenvalue weighted by Crippen LogP contribution is -2.60. The maximum absolute atomic E-state index is 12.5. The average Bonchev–Trinajstić information content (AvgIpc) is 2.76. The number of nitrogens with one attached hydrogen (secondary N) is 1. The molecule has 2 N–H and O–H groups in total. The molecule has 0 aromatic rings. The molecule has 1 saturated heterocycles. The van der Waals surface area contributed by atoms with E-state index in [2.05, 4.69) is 19.2 Å². The molecule has 1 fully saturated rings. The van der Waals surface area contributed by atoms with Crippen LogP contribution in [0.4, 0.5) is 4.79 Å². The number of carboxylic acid groups (broad SMARTS) is 1. The highest BCUT2D eigenvalue weighted by Gasteiger charge is 2.45. The quantitative estimate of drug-likeness (QED) is 0.834. The van der Waals surface area contributed by atoms with Crippen LogP contribution >= 0.6 is 0 Å². The number of carbonyl (C=O) groups excluding carboxylic acids is 1. The molecule has 1 aliphatic heterocycles. The van der Waals surface area contributed by atoms with E-state index in [1.807, 2.05) is 4.90 Å². The Hall–Kier alpha value is -1.26. The Kier molecular flexibility index (Phi) is 4.72. The molecule has 0 aliphatic carbocycles. The Morgan fingerprint density at radius 1 is 1.25 bits per heavy atom. The average molecular weight is 284 g/mol. The Morgan fingerprint density at radius 2 is 1.80 bits per heavy atom. The van der Waals surface area contributed by atoms with Crippen molar-refractivity contribution in [2.24, 2.45) is 11.3 Å². The molecule has 1 unspecified atom stereocenters. The Balaban J connectivity index is 2.82. The first-order chi connectivity index (χ1) is 9.00. The van der Waals surface area contributed by atoms with E-state index in [4.69, 9.17) is 0 Å². The van der Waals surface area contributed by atoms with Crippen molar-refractivity contribution in [2.75, 3.05) is 6.54 Å². The molecule has 2 amide bonds. The van der Waals surface area contributed by atoms with Crippen LogP contribution in [0.2, 0.25) is 0 Å². The molecular formula is C15H28N2O3. The largest absolute Gasteiger partial charge is 0.481 e. The van der Waals surface area contributed by atoms with E-state index < -0.39 is 16.9 Å². The zero-order chi connectivity index (χ0) is 15.7. The first-order valence-corrected chi connectivity index (χ1v) is 7.33. The van der Waals surface area contributed by atoms with Crippen molar-refractivity contribution in [2.45, 2.75) is 66.0 Å². The van der Waals surface area contributed by atoms with Gasteiger partial charge in [0.05, 0.1) is 11.0 Å². The predicted molar refractivity (Wildman–Crippen MR) is 78.6 cm³/mol. The maximum atomic E-state index is 12.5. The van der Waals surface area contributed by atoms with Gasteiger partial charge in [-0.15, -0.1) is 0 Å². The minimum atomic E-state index is -1.03. The summed E-state index contributed by atoms with van der Waals surface area (Å²) in [7, 11) is 0. The van der Waals surface area contributed by atoms with Crippen molar-refractivity contribution < 1.29 is 14.7 Å². The number of likely N-dealkylation sites (tertiary alicyclic amines) is 1. The molecule has 5 nitrogen and oxygen atoms in total. The van der Waals surface area contributed by atoms with Gasteiger partial charge in [0, 0.05) is 12.6 Å². The van der Waals surface area contributed by atoms with Crippen molar-refractivity contribution in [3.05, 3.63) is 0 Å². The van der Waals surface area contributed by atoms with Gasteiger partial charge in [-0.25, -0.2) is 4.79 Å². The number of carbonyl (C=O) groups is 2. The summed E-state index contributed by atoms with van der Waals surface area (Å²) < 4.78 is 0. The van der Waals surface area contributed by atoms with Crippen LogP contribution in [0.25, 0.3) is 0 Å². The molecule has 0 aromatic carbocycles. The van der Waals surface area contributed by atoms with Crippen LogP contribution in [0.3, 0.4) is 0 Å². The van der Waals surface area contributed by atoms with Gasteiger partial charge in [0.25, 0.3) is 0 Å². The predicted octanol–water partition coefficient (Wildman–Crippen LogP) is 2.71. The number of rotatable bonds is 4. The van der Waals surface area contributed by atoms with Crippen LogP contribution in [0.1, 0.15) is 54.4 Å². The molecule has 0 radical (unpaired) electrons. The van der Waals surface area contributed by atoms with Crippen molar-refractivity contribution >= 4 is 12.0 Å². The summed E-state index contributed by atoms with van der Waals surface area (Å²) in [4.78, 5) is 25.7. The van der Waals surface area contributed by atoms with Crippen LogP contribution in [0.15, 0.2) is 0 Å². The van der Waals surface area contributed by atoms with Crippen LogP contribution in [0, 0.1) is 11.3 Å². The summed E-state index contributed by atoms with van der Waals surface area (Å²) in [5.41, 5.74) is -1.85. The normalized spacial score (nSPS) is 20.4. The third-order valence-corrected chi connectivity index (χ3v) is 4.85. The second kappa shape index (κ2) is 5.62. The van der Waals surface area contributed by atoms with E-state index in [-0.39, 0.29) is 12.1 Å². The third kappa shape index (κ3) is 3.07. The first kappa shape index (κ1) is 16.8. The number of carboxylic acids is 1. The van der Waals surface area contributed by atoms with Crippen molar-refractivity contribution in [3.8, 4) is 0 Å². The van der Waals surface area contributed by atoms with Gasteiger partial charge in [-0.05, 0) is 46.5 Å². The second-order valence-corrected chi connectivity index (χ2v) is 7.13. The highest BCUT2D eigenvalue weighted by Crippen LogP contribution is 2.32. The molecule has 116 valence electrons. The molecule has 1 aliphatic rings. The number of aliphatic carboxylic acids is 1. The Bertz CT molecular complexity index is 389. The van der Waals surface area contributed by atoms with E-state index in [0.29, 0.717) is 5.92 Å². The fourth-order valence-corrected chi connectivity index (χ4v) is 2.50. The second-order valence-electron chi connectivity index (χ2n) is 7.13. The SMILES string of the molecule is CC(C)C1CCCN1C(=O)NC(C)(C)C(C)(C)C(=O)O. The lowest BCUT2D eigenvalue weighted by molar-refractivity contribution is -0.150. The Morgan fingerprint density at radius 3 is 2.25 bits per heavy atom. The summed E-state index contributed by atoms with van der Waals surface area (Å²) in [5.74, 6) is -0.497. The summed E-state index contributed by atoms with van der Waals surface area (Å²) in [6.07, 6.45) is 2.03. The molecule has 20 heavy (non-hydrogen) atoms. The Labute approximate surface area is 121 Å². The summed E-state index contributed by atoms with van der Waals surface area (Å²) in [6, 6.07) is 0.0965. The molecule has 0 spiro atoms. The molecular weight excluding hydrogens is 256 g/mol. The van der Waals surface area contributed by atoms with Gasteiger partial charge in [0.2, 0.25) is 0 Å². The van der Waals surface area contributed by atoms with Crippen LogP contribution in [-0.2, 0) is 4.79 Å². The van der Waals surface area contributed by atoms with Gasteiger partial charge in [-0.1, -0.05) is 13.8 Å². The fraction of sp³-hybridized carbons (Fsp3) is 0.867. The molecule has 1 rings (SSSR count). The molecule has 5 heteroatoms. The molecule has 0 bridgehead atoms. The van der Waals surface area contributed by atoms with Crippen molar-refractivity contribution in [1.82, 2.24) is 10.2 Å². The van der Waals surface area contributed by atoms with Gasteiger partial charge in [0.1, 0.15) is 0 Å². The van der Waals surface area contributed by atoms with Crippen LogP contribution in [-0.4, -0.2) is 40.1 Å². The molecule has 1 heterocycles. The lowest BCUT2D eigenvalue weighted by Gasteiger charge is -2.40. The smallest absolute Gasteiger partial charge is 0.318 e. The van der Waals surface area contributed by atoms with Gasteiger partial charge in [-0.2, -0.15) is 0 Å². The number of amides is 2. The lowest BCUT2D eigenvalue weighted by atomic mass is 9.74. The molecule has 1 atom stereocenters. The zero-order valence-electron chi connectivity index (χ0n) is 13.5. The minimum absolute atomic E-state index is 0.152. The number of hydrogen-bond acceptors (Lipinski definition) is 2. The topological polar surface area (TPSA) is 69.6 Å². The van der Waals surface area contributed by atoms with Crippen molar-refractivity contribution in [3.63, 3.8) is 0 Å². The van der Waals surface area contributed by atoms with E-state index in [1.165, 1.54) is 0 Å².